The summed E-state index contributed by atoms with van der Waals surface area (Å²) in [5.41, 5.74) is 12.5. The molecule has 0 bridgehead atoms. The smallest absolute Gasteiger partial charge is 0.143 e. The quantitative estimate of drug-likeness (QED) is 0.197. The molecule has 1 aromatic heterocycles. The fraction of sp³-hybridized carbons (Fsp3) is 0.0476. The van der Waals surface area contributed by atoms with Gasteiger partial charge in [0.15, 0.2) is 0 Å². The summed E-state index contributed by atoms with van der Waals surface area (Å²) in [7, 11) is 0. The van der Waals surface area contributed by atoms with E-state index in [9.17, 15) is 0 Å². The molecular weight excluding hydrogens is 520 g/mol. The van der Waals surface area contributed by atoms with E-state index in [0.29, 0.717) is 11.8 Å². The Labute approximate surface area is 249 Å². The number of allylic oxidation sites excluding steroid dienone is 14. The van der Waals surface area contributed by atoms with Crippen LogP contribution in [0.5, 0.6) is 0 Å². The number of benzene rings is 5. The number of fused-ring (bicyclic) bond motifs is 5. The molecule has 0 N–H and O–H groups in total. The molecule has 2 unspecified atom stereocenters. The zero-order valence-electron chi connectivity index (χ0n) is 23.4. The van der Waals surface area contributed by atoms with Crippen molar-refractivity contribution in [2.24, 2.45) is 11.8 Å². The second-order valence-corrected chi connectivity index (χ2v) is 12.0. The molecule has 0 aliphatic heterocycles. The van der Waals surface area contributed by atoms with Crippen molar-refractivity contribution >= 4 is 49.1 Å². The van der Waals surface area contributed by atoms with Crippen LogP contribution in [-0.2, 0) is 0 Å². The Morgan fingerprint density at radius 3 is 1.81 bits per heavy atom. The minimum atomic E-state index is 0.336. The van der Waals surface area contributed by atoms with E-state index in [1.54, 1.807) is 0 Å². The summed E-state index contributed by atoms with van der Waals surface area (Å²) in [4.78, 5) is 0. The van der Waals surface area contributed by atoms with E-state index in [1.807, 2.05) is 6.07 Å². The largest absolute Gasteiger partial charge is 0.455 e. The van der Waals surface area contributed by atoms with Crippen molar-refractivity contribution in [1.29, 1.82) is 0 Å². The van der Waals surface area contributed by atoms with Gasteiger partial charge in [0.05, 0.1) is 0 Å². The molecule has 0 radical (unpaired) electrons. The predicted molar refractivity (Wildman–Crippen MR) is 180 cm³/mol. The van der Waals surface area contributed by atoms with Gasteiger partial charge >= 0.3 is 0 Å². The van der Waals surface area contributed by atoms with Crippen LogP contribution in [0.2, 0.25) is 0 Å². The maximum absolute atomic E-state index is 6.58. The summed E-state index contributed by atoms with van der Waals surface area (Å²) < 4.78 is 6.58. The van der Waals surface area contributed by atoms with Gasteiger partial charge < -0.3 is 4.42 Å². The van der Waals surface area contributed by atoms with Crippen molar-refractivity contribution in [2.45, 2.75) is 0 Å². The maximum Gasteiger partial charge on any atom is 0.143 e. The van der Waals surface area contributed by atoms with Crippen LogP contribution >= 0.6 is 0 Å². The van der Waals surface area contributed by atoms with Gasteiger partial charge in [0, 0.05) is 33.7 Å². The zero-order chi connectivity index (χ0) is 28.1. The van der Waals surface area contributed by atoms with Crippen molar-refractivity contribution in [3.8, 4) is 11.1 Å². The zero-order valence-corrected chi connectivity index (χ0v) is 23.4. The molecule has 6 aromatic rings. The molecule has 2 atom stereocenters. The van der Waals surface area contributed by atoms with Crippen LogP contribution in [0.3, 0.4) is 0 Å². The monoisotopic (exact) mass is 546 g/mol. The Bertz CT molecular complexity index is 2390. The summed E-state index contributed by atoms with van der Waals surface area (Å²) in [6.45, 7) is 0. The first-order chi connectivity index (χ1) is 21.3. The summed E-state index contributed by atoms with van der Waals surface area (Å²) in [6.07, 6.45) is 20.8. The highest BCUT2D eigenvalue weighted by molar-refractivity contribution is 6.23. The maximum atomic E-state index is 6.58. The van der Waals surface area contributed by atoms with Crippen LogP contribution in [-0.4, -0.2) is 0 Å². The Kier molecular flexibility index (Phi) is 4.62. The second kappa shape index (κ2) is 8.56. The van der Waals surface area contributed by atoms with Crippen molar-refractivity contribution in [3.63, 3.8) is 0 Å². The van der Waals surface area contributed by atoms with Gasteiger partial charge in [-0.2, -0.15) is 0 Å². The fourth-order valence-electron chi connectivity index (χ4n) is 8.08. The van der Waals surface area contributed by atoms with Crippen molar-refractivity contribution in [2.75, 3.05) is 0 Å². The van der Waals surface area contributed by atoms with Gasteiger partial charge in [-0.05, 0) is 61.0 Å². The first-order valence-electron chi connectivity index (χ1n) is 15.1. The molecule has 5 aromatic carbocycles. The Hall–Kier alpha value is -5.40. The lowest BCUT2D eigenvalue weighted by atomic mass is 9.63. The number of rotatable bonds is 2. The summed E-state index contributed by atoms with van der Waals surface area (Å²) in [5, 5.41) is 7.35. The lowest BCUT2D eigenvalue weighted by molar-refractivity contribution is 0.566. The third kappa shape index (κ3) is 3.12. The van der Waals surface area contributed by atoms with Gasteiger partial charge in [0.1, 0.15) is 11.2 Å². The molecule has 0 spiro atoms. The van der Waals surface area contributed by atoms with E-state index in [0.717, 1.165) is 27.5 Å². The van der Waals surface area contributed by atoms with Gasteiger partial charge in [0.25, 0.3) is 0 Å². The van der Waals surface area contributed by atoms with Crippen molar-refractivity contribution in [1.82, 2.24) is 0 Å². The van der Waals surface area contributed by atoms with E-state index in [2.05, 4.69) is 140 Å². The molecule has 1 heterocycles. The summed E-state index contributed by atoms with van der Waals surface area (Å²) >= 11 is 0. The van der Waals surface area contributed by atoms with Gasteiger partial charge in [-0.3, -0.25) is 0 Å². The molecule has 4 aliphatic carbocycles. The molecule has 43 heavy (non-hydrogen) atoms. The minimum Gasteiger partial charge on any atom is -0.455 e. The van der Waals surface area contributed by atoms with Crippen LogP contribution in [0.4, 0.5) is 0 Å². The number of hydrogen-bond acceptors (Lipinski definition) is 1. The van der Waals surface area contributed by atoms with E-state index in [-0.39, 0.29) is 0 Å². The van der Waals surface area contributed by atoms with Gasteiger partial charge in [0.2, 0.25) is 0 Å². The van der Waals surface area contributed by atoms with Crippen LogP contribution in [0, 0.1) is 11.8 Å². The number of hydrogen-bond donors (Lipinski definition) is 0. The third-order valence-corrected chi connectivity index (χ3v) is 9.87. The van der Waals surface area contributed by atoms with E-state index >= 15 is 0 Å². The fourth-order valence-corrected chi connectivity index (χ4v) is 8.08. The topological polar surface area (TPSA) is 13.1 Å². The highest BCUT2D eigenvalue weighted by Gasteiger charge is 2.38. The third-order valence-electron chi connectivity index (χ3n) is 9.87. The SMILES string of the molecule is C1=CC2=CC=C3C=CC(c4c5ccccc5c(-c5cccc6c5oc5ccccc56)c5ccccc45)=C4C=CC(=C1)C2C34. The average molecular weight is 547 g/mol. The second-order valence-electron chi connectivity index (χ2n) is 12.0. The Morgan fingerprint density at radius 2 is 1.05 bits per heavy atom. The molecule has 0 saturated heterocycles. The highest BCUT2D eigenvalue weighted by atomic mass is 16.3. The van der Waals surface area contributed by atoms with Crippen LogP contribution in [0.15, 0.2) is 172 Å². The van der Waals surface area contributed by atoms with E-state index in [4.69, 9.17) is 4.42 Å². The molecule has 0 amide bonds. The van der Waals surface area contributed by atoms with Gasteiger partial charge in [-0.25, -0.2) is 0 Å². The molecule has 4 aliphatic rings. The van der Waals surface area contributed by atoms with E-state index in [1.165, 1.54) is 60.5 Å². The lowest BCUT2D eigenvalue weighted by Crippen LogP contribution is -2.29. The standard InChI is InChI=1S/C42H26O/c1-3-14-31-29(12-1)40(34-24-22-27-20-19-25-9-7-10-26-21-23-33(34)39(27)38(25)26)30-13-2-4-15-32(30)41(31)36-17-8-16-35-28-11-5-6-18-37(28)43-42(35)36/h1-24,38-39H. The Balaban J connectivity index is 1.31. The van der Waals surface area contributed by atoms with Crippen LogP contribution < -0.4 is 0 Å². The molecule has 10 rings (SSSR count). The van der Waals surface area contributed by atoms with Crippen LogP contribution in [0.1, 0.15) is 5.56 Å². The Morgan fingerprint density at radius 1 is 0.442 bits per heavy atom. The molecule has 0 saturated carbocycles. The number of para-hydroxylation sites is 2. The number of furan rings is 1. The van der Waals surface area contributed by atoms with Gasteiger partial charge in [-0.15, -0.1) is 0 Å². The van der Waals surface area contributed by atoms with Gasteiger partial charge in [-0.1, -0.05) is 140 Å². The molecule has 200 valence electrons. The predicted octanol–water partition coefficient (Wildman–Crippen LogP) is 11.0. The van der Waals surface area contributed by atoms with Crippen molar-refractivity contribution in [3.05, 3.63) is 174 Å². The van der Waals surface area contributed by atoms with E-state index < -0.39 is 0 Å². The highest BCUT2D eigenvalue weighted by Crippen LogP contribution is 2.53. The first-order valence-corrected chi connectivity index (χ1v) is 15.1. The normalized spacial score (nSPS) is 20.1. The molecule has 1 heteroatoms. The average Bonchev–Trinajstić information content (AvgIpc) is 3.45. The summed E-state index contributed by atoms with van der Waals surface area (Å²) in [6, 6.07) is 32.8. The van der Waals surface area contributed by atoms with Crippen molar-refractivity contribution < 1.29 is 4.42 Å². The molecular formula is C42H26O. The summed E-state index contributed by atoms with van der Waals surface area (Å²) in [5.74, 6) is 0.718. The van der Waals surface area contributed by atoms with Crippen LogP contribution in [0.25, 0.3) is 60.2 Å². The minimum absolute atomic E-state index is 0.336. The molecule has 1 nitrogen and oxygen atoms in total. The molecule has 0 fully saturated rings. The lowest BCUT2D eigenvalue weighted by Gasteiger charge is -2.40. The first kappa shape index (κ1) is 23.2.